The highest BCUT2D eigenvalue weighted by atomic mass is 16.5. The van der Waals surface area contributed by atoms with E-state index in [1.807, 2.05) is 56.3 Å². The Bertz CT molecular complexity index is 957. The molecular formula is C22H23N3O3. The van der Waals surface area contributed by atoms with Crippen LogP contribution in [0.25, 0.3) is 0 Å². The Kier molecular flexibility index (Phi) is 6.11. The molecule has 1 aromatic heterocycles. The Balaban J connectivity index is 1.76. The van der Waals surface area contributed by atoms with Gasteiger partial charge in [0.25, 0.3) is 5.91 Å². The molecule has 28 heavy (non-hydrogen) atoms. The van der Waals surface area contributed by atoms with Crippen molar-refractivity contribution in [3.05, 3.63) is 72.6 Å². The smallest absolute Gasteiger partial charge is 0.257 e. The quantitative estimate of drug-likeness (QED) is 0.614. The van der Waals surface area contributed by atoms with Gasteiger partial charge in [-0.25, -0.2) is 0 Å². The molecule has 0 aliphatic rings. The van der Waals surface area contributed by atoms with Crippen LogP contribution in [0.3, 0.4) is 0 Å². The SMILES string of the molecule is COc1cccc(Nc2cncc(C(=O)Nc3ccccc3OC(C)C)c2)c1. The van der Waals surface area contributed by atoms with Gasteiger partial charge in [-0.2, -0.15) is 0 Å². The molecule has 0 aliphatic heterocycles. The minimum absolute atomic E-state index is 0.00936. The first-order chi connectivity index (χ1) is 13.5. The molecule has 1 amide bonds. The van der Waals surface area contributed by atoms with Gasteiger partial charge in [0.05, 0.1) is 36.3 Å². The van der Waals surface area contributed by atoms with Crippen LogP contribution in [0.4, 0.5) is 17.1 Å². The maximum atomic E-state index is 12.7. The number of methoxy groups -OCH3 is 1. The van der Waals surface area contributed by atoms with E-state index in [0.29, 0.717) is 22.7 Å². The van der Waals surface area contributed by atoms with E-state index < -0.39 is 0 Å². The van der Waals surface area contributed by atoms with E-state index in [0.717, 1.165) is 11.4 Å². The fourth-order valence-corrected chi connectivity index (χ4v) is 2.62. The average Bonchev–Trinajstić information content (AvgIpc) is 2.69. The van der Waals surface area contributed by atoms with Gasteiger partial charge < -0.3 is 20.1 Å². The molecule has 3 aromatic rings. The van der Waals surface area contributed by atoms with Gasteiger partial charge in [0.1, 0.15) is 11.5 Å². The fourth-order valence-electron chi connectivity index (χ4n) is 2.62. The van der Waals surface area contributed by atoms with E-state index in [4.69, 9.17) is 9.47 Å². The molecule has 0 aliphatic carbocycles. The zero-order chi connectivity index (χ0) is 19.9. The summed E-state index contributed by atoms with van der Waals surface area (Å²) in [7, 11) is 1.62. The summed E-state index contributed by atoms with van der Waals surface area (Å²) in [5.74, 6) is 1.11. The third-order valence-corrected chi connectivity index (χ3v) is 3.86. The summed E-state index contributed by atoms with van der Waals surface area (Å²) in [5.41, 5.74) is 2.60. The van der Waals surface area contributed by atoms with Crippen molar-refractivity contribution < 1.29 is 14.3 Å². The molecule has 0 atom stereocenters. The van der Waals surface area contributed by atoms with E-state index in [1.54, 1.807) is 25.4 Å². The van der Waals surface area contributed by atoms with Crippen molar-refractivity contribution in [3.8, 4) is 11.5 Å². The van der Waals surface area contributed by atoms with Gasteiger partial charge in [-0.3, -0.25) is 9.78 Å². The van der Waals surface area contributed by atoms with Crippen LogP contribution in [0.2, 0.25) is 0 Å². The molecular weight excluding hydrogens is 354 g/mol. The molecule has 6 heteroatoms. The predicted octanol–water partition coefficient (Wildman–Crippen LogP) is 4.87. The monoisotopic (exact) mass is 377 g/mol. The second-order valence-electron chi connectivity index (χ2n) is 6.44. The molecule has 0 saturated carbocycles. The van der Waals surface area contributed by atoms with Crippen LogP contribution in [0.15, 0.2) is 67.0 Å². The van der Waals surface area contributed by atoms with Crippen LogP contribution >= 0.6 is 0 Å². The second-order valence-corrected chi connectivity index (χ2v) is 6.44. The second kappa shape index (κ2) is 8.90. The lowest BCUT2D eigenvalue weighted by Gasteiger charge is -2.15. The van der Waals surface area contributed by atoms with Crippen LogP contribution in [0.5, 0.6) is 11.5 Å². The molecule has 3 rings (SSSR count). The van der Waals surface area contributed by atoms with Crippen molar-refractivity contribution in [2.75, 3.05) is 17.7 Å². The number of ether oxygens (including phenoxy) is 2. The van der Waals surface area contributed by atoms with Crippen LogP contribution in [0, 0.1) is 0 Å². The maximum Gasteiger partial charge on any atom is 0.257 e. The number of aromatic nitrogens is 1. The number of carbonyl (C=O) groups excluding carboxylic acids is 1. The van der Waals surface area contributed by atoms with E-state index in [1.165, 1.54) is 6.20 Å². The minimum atomic E-state index is -0.262. The summed E-state index contributed by atoms with van der Waals surface area (Å²) in [6.45, 7) is 3.88. The number of carbonyl (C=O) groups is 1. The third kappa shape index (κ3) is 5.01. The number of pyridine rings is 1. The Hall–Kier alpha value is -3.54. The average molecular weight is 377 g/mol. The number of hydrogen-bond acceptors (Lipinski definition) is 5. The molecule has 0 unspecified atom stereocenters. The molecule has 0 saturated heterocycles. The molecule has 0 bridgehead atoms. The maximum absolute atomic E-state index is 12.7. The highest BCUT2D eigenvalue weighted by Crippen LogP contribution is 2.26. The Morgan fingerprint density at radius 1 is 1.00 bits per heavy atom. The summed E-state index contributed by atoms with van der Waals surface area (Å²) < 4.78 is 11.0. The van der Waals surface area contributed by atoms with Crippen molar-refractivity contribution in [2.24, 2.45) is 0 Å². The number of anilines is 3. The van der Waals surface area contributed by atoms with Gasteiger partial charge in [0, 0.05) is 18.0 Å². The van der Waals surface area contributed by atoms with E-state index in [9.17, 15) is 4.79 Å². The molecule has 2 aromatic carbocycles. The molecule has 1 heterocycles. The summed E-state index contributed by atoms with van der Waals surface area (Å²) in [6.07, 6.45) is 3.19. The minimum Gasteiger partial charge on any atom is -0.497 e. The van der Waals surface area contributed by atoms with Crippen LogP contribution < -0.4 is 20.1 Å². The largest absolute Gasteiger partial charge is 0.497 e. The number of amides is 1. The molecule has 0 fully saturated rings. The van der Waals surface area contributed by atoms with Gasteiger partial charge in [0.15, 0.2) is 0 Å². The molecule has 6 nitrogen and oxygen atoms in total. The normalized spacial score (nSPS) is 10.4. The van der Waals surface area contributed by atoms with Gasteiger partial charge in [-0.1, -0.05) is 18.2 Å². The van der Waals surface area contributed by atoms with Gasteiger partial charge in [-0.15, -0.1) is 0 Å². The standard InChI is InChI=1S/C22H23N3O3/c1-15(2)28-21-10-5-4-9-20(21)25-22(26)16-11-18(14-23-13-16)24-17-7-6-8-19(12-17)27-3/h4-15,24H,1-3H3,(H,25,26). The Morgan fingerprint density at radius 3 is 2.61 bits per heavy atom. The lowest BCUT2D eigenvalue weighted by molar-refractivity contribution is 0.102. The predicted molar refractivity (Wildman–Crippen MR) is 111 cm³/mol. The highest BCUT2D eigenvalue weighted by Gasteiger charge is 2.12. The molecule has 2 N–H and O–H groups in total. The first kappa shape index (κ1) is 19.2. The summed E-state index contributed by atoms with van der Waals surface area (Å²) >= 11 is 0. The van der Waals surface area contributed by atoms with Crippen molar-refractivity contribution in [3.63, 3.8) is 0 Å². The van der Waals surface area contributed by atoms with E-state index in [2.05, 4.69) is 15.6 Å². The Morgan fingerprint density at radius 2 is 1.82 bits per heavy atom. The zero-order valence-electron chi connectivity index (χ0n) is 16.1. The first-order valence-corrected chi connectivity index (χ1v) is 8.98. The van der Waals surface area contributed by atoms with Gasteiger partial charge in [0.2, 0.25) is 0 Å². The summed E-state index contributed by atoms with van der Waals surface area (Å²) in [5, 5.41) is 6.12. The lowest BCUT2D eigenvalue weighted by Crippen LogP contribution is -2.15. The third-order valence-electron chi connectivity index (χ3n) is 3.86. The van der Waals surface area contributed by atoms with E-state index >= 15 is 0 Å². The van der Waals surface area contributed by atoms with Crippen molar-refractivity contribution in [2.45, 2.75) is 20.0 Å². The van der Waals surface area contributed by atoms with Crippen molar-refractivity contribution in [1.29, 1.82) is 0 Å². The first-order valence-electron chi connectivity index (χ1n) is 8.98. The van der Waals surface area contributed by atoms with Crippen LogP contribution in [-0.4, -0.2) is 24.1 Å². The van der Waals surface area contributed by atoms with Gasteiger partial charge >= 0.3 is 0 Å². The number of hydrogen-bond donors (Lipinski definition) is 2. The lowest BCUT2D eigenvalue weighted by atomic mass is 10.2. The van der Waals surface area contributed by atoms with Crippen molar-refractivity contribution >= 4 is 23.0 Å². The number of nitrogens with zero attached hydrogens (tertiary/aromatic N) is 1. The fraction of sp³-hybridized carbons (Fsp3) is 0.182. The highest BCUT2D eigenvalue weighted by molar-refractivity contribution is 6.05. The Labute approximate surface area is 164 Å². The zero-order valence-corrected chi connectivity index (χ0v) is 16.1. The number of nitrogens with one attached hydrogen (secondary N) is 2. The molecule has 0 radical (unpaired) electrons. The topological polar surface area (TPSA) is 72.5 Å². The van der Waals surface area contributed by atoms with Crippen LogP contribution in [0.1, 0.15) is 24.2 Å². The number of para-hydroxylation sites is 2. The number of benzene rings is 2. The van der Waals surface area contributed by atoms with Gasteiger partial charge in [-0.05, 0) is 44.2 Å². The summed E-state index contributed by atoms with van der Waals surface area (Å²) in [6, 6.07) is 16.6. The molecule has 0 spiro atoms. The summed E-state index contributed by atoms with van der Waals surface area (Å²) in [4.78, 5) is 16.9. The van der Waals surface area contributed by atoms with Crippen LogP contribution in [-0.2, 0) is 0 Å². The number of rotatable bonds is 7. The molecule has 144 valence electrons. The van der Waals surface area contributed by atoms with Crippen molar-refractivity contribution in [1.82, 2.24) is 4.98 Å². The van der Waals surface area contributed by atoms with E-state index in [-0.39, 0.29) is 12.0 Å².